The Morgan fingerprint density at radius 3 is 2.63 bits per heavy atom. The summed E-state index contributed by atoms with van der Waals surface area (Å²) >= 11 is 5.72. The summed E-state index contributed by atoms with van der Waals surface area (Å²) in [6.07, 6.45) is 4.24. The largest absolute Gasteiger partial charge is 0.396 e. The molecule has 19 heavy (non-hydrogen) atoms. The Bertz CT molecular complexity index is 571. The van der Waals surface area contributed by atoms with Gasteiger partial charge in [0.1, 0.15) is 4.90 Å². The Morgan fingerprint density at radius 2 is 2.00 bits per heavy atom. The summed E-state index contributed by atoms with van der Waals surface area (Å²) in [6, 6.07) is 2.26. The van der Waals surface area contributed by atoms with Crippen LogP contribution in [0.4, 0.5) is 10.1 Å². The zero-order valence-corrected chi connectivity index (χ0v) is 11.9. The Kier molecular flexibility index (Phi) is 4.32. The lowest BCUT2D eigenvalue weighted by Crippen LogP contribution is -2.29. The van der Waals surface area contributed by atoms with E-state index in [1.807, 2.05) is 0 Å². The lowest BCUT2D eigenvalue weighted by molar-refractivity contribution is 0.514. The predicted molar refractivity (Wildman–Crippen MR) is 73.0 cm³/mol. The number of hydrogen-bond acceptors (Lipinski definition) is 3. The van der Waals surface area contributed by atoms with Gasteiger partial charge in [-0.1, -0.05) is 24.4 Å². The number of nitrogens with one attached hydrogen (secondary N) is 1. The van der Waals surface area contributed by atoms with E-state index in [4.69, 9.17) is 17.3 Å². The van der Waals surface area contributed by atoms with Gasteiger partial charge in [0.2, 0.25) is 10.0 Å². The average molecular weight is 307 g/mol. The number of benzene rings is 1. The molecule has 1 aliphatic carbocycles. The van der Waals surface area contributed by atoms with Gasteiger partial charge in [0, 0.05) is 11.6 Å². The molecule has 2 rings (SSSR count). The number of rotatable bonds is 4. The predicted octanol–water partition coefficient (Wildman–Crippen LogP) is 2.53. The summed E-state index contributed by atoms with van der Waals surface area (Å²) in [4.78, 5) is -0.490. The molecule has 0 bridgehead atoms. The lowest BCUT2D eigenvalue weighted by Gasteiger charge is -2.12. The van der Waals surface area contributed by atoms with E-state index in [0.29, 0.717) is 12.5 Å². The minimum atomic E-state index is -3.91. The maximum absolute atomic E-state index is 13.8. The first kappa shape index (κ1) is 14.6. The van der Waals surface area contributed by atoms with E-state index in [-0.39, 0.29) is 10.7 Å². The quantitative estimate of drug-likeness (QED) is 0.840. The van der Waals surface area contributed by atoms with E-state index in [1.165, 1.54) is 6.07 Å². The van der Waals surface area contributed by atoms with Crippen LogP contribution in [-0.4, -0.2) is 15.0 Å². The standard InChI is InChI=1S/C12H16ClFN2O2S/c13-9-5-10(15)12(14)11(6-9)19(17,18)16-7-8-3-1-2-4-8/h5-6,8,16H,1-4,7,15H2. The summed E-state index contributed by atoms with van der Waals surface area (Å²) in [5.74, 6) is -0.627. The summed E-state index contributed by atoms with van der Waals surface area (Å²) in [5.41, 5.74) is 5.12. The SMILES string of the molecule is Nc1cc(Cl)cc(S(=O)(=O)NCC2CCCC2)c1F. The third-order valence-electron chi connectivity index (χ3n) is 3.36. The van der Waals surface area contributed by atoms with Gasteiger partial charge in [-0.15, -0.1) is 0 Å². The summed E-state index contributed by atoms with van der Waals surface area (Å²) < 4.78 is 40.3. The lowest BCUT2D eigenvalue weighted by atomic mass is 10.1. The molecule has 3 N–H and O–H groups in total. The van der Waals surface area contributed by atoms with Crippen LogP contribution in [-0.2, 0) is 10.0 Å². The summed E-state index contributed by atoms with van der Waals surface area (Å²) in [5, 5.41) is 0.0974. The number of nitrogen functional groups attached to an aromatic ring is 1. The molecule has 7 heteroatoms. The molecule has 0 aromatic heterocycles. The van der Waals surface area contributed by atoms with Crippen molar-refractivity contribution in [3.05, 3.63) is 23.0 Å². The molecule has 1 fully saturated rings. The van der Waals surface area contributed by atoms with E-state index in [1.54, 1.807) is 0 Å². The van der Waals surface area contributed by atoms with Gasteiger partial charge in [-0.2, -0.15) is 0 Å². The number of sulfonamides is 1. The van der Waals surface area contributed by atoms with Gasteiger partial charge in [-0.25, -0.2) is 17.5 Å². The van der Waals surface area contributed by atoms with Crippen molar-refractivity contribution >= 4 is 27.3 Å². The first-order valence-corrected chi connectivity index (χ1v) is 8.00. The molecule has 106 valence electrons. The first-order valence-electron chi connectivity index (χ1n) is 6.14. The number of hydrogen-bond donors (Lipinski definition) is 2. The molecule has 0 spiro atoms. The van der Waals surface area contributed by atoms with Crippen molar-refractivity contribution in [1.29, 1.82) is 0 Å². The second-order valence-corrected chi connectivity index (χ2v) is 6.98. The fraction of sp³-hybridized carbons (Fsp3) is 0.500. The maximum atomic E-state index is 13.8. The van der Waals surface area contributed by atoms with Crippen LogP contribution in [0.25, 0.3) is 0 Å². The van der Waals surface area contributed by atoms with E-state index in [9.17, 15) is 12.8 Å². The van der Waals surface area contributed by atoms with Gasteiger partial charge in [-0.3, -0.25) is 0 Å². The Morgan fingerprint density at radius 1 is 1.37 bits per heavy atom. The highest BCUT2D eigenvalue weighted by Gasteiger charge is 2.24. The molecule has 1 aromatic carbocycles. The highest BCUT2D eigenvalue weighted by molar-refractivity contribution is 7.89. The van der Waals surface area contributed by atoms with Crippen molar-refractivity contribution in [3.8, 4) is 0 Å². The third kappa shape index (κ3) is 3.38. The number of halogens is 2. The van der Waals surface area contributed by atoms with Crippen molar-refractivity contribution in [2.45, 2.75) is 30.6 Å². The van der Waals surface area contributed by atoms with Crippen LogP contribution in [0.2, 0.25) is 5.02 Å². The minimum absolute atomic E-state index is 0.0974. The second kappa shape index (κ2) is 5.64. The van der Waals surface area contributed by atoms with Gasteiger partial charge in [-0.05, 0) is 30.9 Å². The minimum Gasteiger partial charge on any atom is -0.396 e. The van der Waals surface area contributed by atoms with Crippen LogP contribution in [0.15, 0.2) is 17.0 Å². The Hall–Kier alpha value is -0.850. The van der Waals surface area contributed by atoms with Gasteiger partial charge < -0.3 is 5.73 Å². The van der Waals surface area contributed by atoms with E-state index < -0.39 is 20.7 Å². The highest BCUT2D eigenvalue weighted by atomic mass is 35.5. The fourth-order valence-corrected chi connectivity index (χ4v) is 3.84. The van der Waals surface area contributed by atoms with Crippen molar-refractivity contribution < 1.29 is 12.8 Å². The van der Waals surface area contributed by atoms with Crippen molar-refractivity contribution in [2.24, 2.45) is 5.92 Å². The van der Waals surface area contributed by atoms with Gasteiger partial charge in [0.15, 0.2) is 5.82 Å². The summed E-state index contributed by atoms with van der Waals surface area (Å²) in [6.45, 7) is 0.328. The van der Waals surface area contributed by atoms with Crippen molar-refractivity contribution in [3.63, 3.8) is 0 Å². The van der Waals surface area contributed by atoms with Crippen molar-refractivity contribution in [2.75, 3.05) is 12.3 Å². The molecule has 4 nitrogen and oxygen atoms in total. The average Bonchev–Trinajstić information content (AvgIpc) is 2.84. The van der Waals surface area contributed by atoms with Crippen LogP contribution < -0.4 is 10.5 Å². The molecule has 0 heterocycles. The van der Waals surface area contributed by atoms with E-state index >= 15 is 0 Å². The van der Waals surface area contributed by atoms with Crippen LogP contribution in [0.3, 0.4) is 0 Å². The van der Waals surface area contributed by atoms with Crippen LogP contribution >= 0.6 is 11.6 Å². The normalized spacial score (nSPS) is 16.9. The molecular weight excluding hydrogens is 291 g/mol. The highest BCUT2D eigenvalue weighted by Crippen LogP contribution is 2.27. The van der Waals surface area contributed by atoms with Crippen molar-refractivity contribution in [1.82, 2.24) is 4.72 Å². The second-order valence-electron chi connectivity index (χ2n) is 4.81. The van der Waals surface area contributed by atoms with Gasteiger partial charge in [0.05, 0.1) is 5.69 Å². The van der Waals surface area contributed by atoms with Crippen LogP contribution in [0.1, 0.15) is 25.7 Å². The van der Waals surface area contributed by atoms with E-state index in [2.05, 4.69) is 4.72 Å². The summed E-state index contributed by atoms with van der Waals surface area (Å²) in [7, 11) is -3.91. The molecule has 1 saturated carbocycles. The zero-order valence-electron chi connectivity index (χ0n) is 10.3. The molecule has 1 aliphatic rings. The van der Waals surface area contributed by atoms with E-state index in [0.717, 1.165) is 31.7 Å². The van der Waals surface area contributed by atoms with Gasteiger partial charge in [0.25, 0.3) is 0 Å². The number of nitrogens with two attached hydrogens (primary N) is 1. The molecule has 0 amide bonds. The third-order valence-corrected chi connectivity index (χ3v) is 5.00. The molecule has 0 aliphatic heterocycles. The Balaban J connectivity index is 2.19. The molecule has 0 saturated heterocycles. The monoisotopic (exact) mass is 306 g/mol. The fourth-order valence-electron chi connectivity index (χ4n) is 2.30. The molecule has 0 atom stereocenters. The maximum Gasteiger partial charge on any atom is 0.243 e. The molecule has 1 aromatic rings. The molecule has 0 unspecified atom stereocenters. The van der Waals surface area contributed by atoms with Crippen LogP contribution in [0.5, 0.6) is 0 Å². The Labute approximate surface area is 117 Å². The topological polar surface area (TPSA) is 72.2 Å². The molecule has 0 radical (unpaired) electrons. The number of anilines is 1. The zero-order chi connectivity index (χ0) is 14.0. The van der Waals surface area contributed by atoms with Gasteiger partial charge >= 0.3 is 0 Å². The smallest absolute Gasteiger partial charge is 0.243 e. The molecular formula is C12H16ClFN2O2S. The first-order chi connectivity index (χ1) is 8.90. The van der Waals surface area contributed by atoms with Crippen LogP contribution in [0, 0.1) is 11.7 Å².